The third-order valence-corrected chi connectivity index (χ3v) is 2.27. The lowest BCUT2D eigenvalue weighted by Crippen LogP contribution is -2.31. The van der Waals surface area contributed by atoms with Gasteiger partial charge in [-0.05, 0) is 39.3 Å². The van der Waals surface area contributed by atoms with Gasteiger partial charge in [-0.15, -0.1) is 0 Å². The van der Waals surface area contributed by atoms with Gasteiger partial charge in [0.2, 0.25) is 0 Å². The molecule has 2 nitrogen and oxygen atoms in total. The second-order valence-corrected chi connectivity index (χ2v) is 5.14. The maximum Gasteiger partial charge on any atom is 0.416 e. The van der Waals surface area contributed by atoms with Gasteiger partial charge >= 0.3 is 6.18 Å². The zero-order valence-electron chi connectivity index (χ0n) is 10.9. The molecule has 0 aliphatic rings. The van der Waals surface area contributed by atoms with E-state index in [1.54, 1.807) is 13.0 Å². The van der Waals surface area contributed by atoms with Crippen molar-refractivity contribution in [2.45, 2.75) is 45.5 Å². The van der Waals surface area contributed by atoms with E-state index in [0.29, 0.717) is 0 Å². The minimum absolute atomic E-state index is 0.175. The topological polar surface area (TPSA) is 21.3 Å². The summed E-state index contributed by atoms with van der Waals surface area (Å²) in [5, 5.41) is 0. The smallest absolute Gasteiger partial charge is 0.296 e. The molecule has 0 aromatic heterocycles. The predicted octanol–water partition coefficient (Wildman–Crippen LogP) is 4.09. The Hall–Kier alpha value is -1.07. The van der Waals surface area contributed by atoms with E-state index in [1.807, 2.05) is 20.8 Å². The minimum atomic E-state index is -4.35. The molecule has 1 N–H and O–H groups in total. The number of alkyl halides is 3. The molecule has 1 atom stereocenters. The Bertz CT molecular complexity index is 396. The summed E-state index contributed by atoms with van der Waals surface area (Å²) in [5.74, 6) is 0. The van der Waals surface area contributed by atoms with Gasteiger partial charge in [-0.25, -0.2) is 0 Å². The van der Waals surface area contributed by atoms with E-state index >= 15 is 0 Å². The lowest BCUT2D eigenvalue weighted by Gasteiger charge is -2.24. The van der Waals surface area contributed by atoms with Crippen LogP contribution in [0.2, 0.25) is 0 Å². The molecule has 1 aromatic carbocycles. The maximum absolute atomic E-state index is 12.8. The first kappa shape index (κ1) is 15.0. The fraction of sp³-hybridized carbons (Fsp3) is 0.538. The summed E-state index contributed by atoms with van der Waals surface area (Å²) < 4.78 is 38.4. The number of hydroxylamine groups is 1. The highest BCUT2D eigenvalue weighted by Crippen LogP contribution is 2.34. The second kappa shape index (κ2) is 5.28. The van der Waals surface area contributed by atoms with Crippen LogP contribution >= 0.6 is 0 Å². The molecule has 0 saturated carbocycles. The highest BCUT2D eigenvalue weighted by molar-refractivity contribution is 5.31. The summed E-state index contributed by atoms with van der Waals surface area (Å²) in [6, 6.07) is 4.95. The standard InChI is InChI=1S/C13H18F3NO/c1-9(17-18-12(2,3)4)10-7-5-6-8-11(10)13(14,15)16/h5-9,17H,1-4H3. The van der Waals surface area contributed by atoms with Gasteiger partial charge in [0.25, 0.3) is 0 Å². The molecular weight excluding hydrogens is 243 g/mol. The van der Waals surface area contributed by atoms with E-state index in [4.69, 9.17) is 4.84 Å². The van der Waals surface area contributed by atoms with Crippen molar-refractivity contribution in [1.82, 2.24) is 5.48 Å². The van der Waals surface area contributed by atoms with E-state index in [0.717, 1.165) is 6.07 Å². The highest BCUT2D eigenvalue weighted by atomic mass is 19.4. The lowest BCUT2D eigenvalue weighted by molar-refractivity contribution is -0.139. The van der Waals surface area contributed by atoms with E-state index in [9.17, 15) is 13.2 Å². The van der Waals surface area contributed by atoms with Gasteiger partial charge < -0.3 is 0 Å². The first-order valence-corrected chi connectivity index (χ1v) is 5.71. The third-order valence-electron chi connectivity index (χ3n) is 2.27. The van der Waals surface area contributed by atoms with E-state index in [2.05, 4.69) is 5.48 Å². The fourth-order valence-corrected chi connectivity index (χ4v) is 1.46. The summed E-state index contributed by atoms with van der Waals surface area (Å²) in [6.45, 7) is 7.10. The van der Waals surface area contributed by atoms with Crippen molar-refractivity contribution < 1.29 is 18.0 Å². The third kappa shape index (κ3) is 4.31. The van der Waals surface area contributed by atoms with Crippen LogP contribution in [0.3, 0.4) is 0 Å². The zero-order chi connectivity index (χ0) is 14.0. The van der Waals surface area contributed by atoms with Gasteiger partial charge in [-0.3, -0.25) is 4.84 Å². The summed E-state index contributed by atoms with van der Waals surface area (Å²) in [4.78, 5) is 5.30. The molecule has 5 heteroatoms. The molecule has 0 saturated heterocycles. The van der Waals surface area contributed by atoms with Gasteiger partial charge in [-0.1, -0.05) is 18.2 Å². The van der Waals surface area contributed by atoms with Crippen LogP contribution in [-0.4, -0.2) is 5.60 Å². The molecule has 0 spiro atoms. The van der Waals surface area contributed by atoms with Crippen molar-refractivity contribution in [2.75, 3.05) is 0 Å². The van der Waals surface area contributed by atoms with Crippen molar-refractivity contribution in [3.05, 3.63) is 35.4 Å². The summed E-state index contributed by atoms with van der Waals surface area (Å²) in [6.07, 6.45) is -4.35. The Balaban J connectivity index is 2.89. The number of rotatable bonds is 3. The Labute approximate surface area is 105 Å². The molecule has 0 fully saturated rings. The largest absolute Gasteiger partial charge is 0.416 e. The van der Waals surface area contributed by atoms with Crippen LogP contribution in [0.15, 0.2) is 24.3 Å². The molecular formula is C13H18F3NO. The molecule has 0 aliphatic heterocycles. The predicted molar refractivity (Wildman–Crippen MR) is 63.8 cm³/mol. The SMILES string of the molecule is CC(NOC(C)(C)C)c1ccccc1C(F)(F)F. The number of nitrogens with one attached hydrogen (secondary N) is 1. The Morgan fingerprint density at radius 1 is 1.11 bits per heavy atom. The minimum Gasteiger partial charge on any atom is -0.296 e. The van der Waals surface area contributed by atoms with Crippen LogP contribution in [0.1, 0.15) is 44.9 Å². The monoisotopic (exact) mass is 261 g/mol. The zero-order valence-corrected chi connectivity index (χ0v) is 10.9. The molecule has 0 heterocycles. The van der Waals surface area contributed by atoms with Crippen LogP contribution in [0, 0.1) is 0 Å². The number of hydrogen-bond donors (Lipinski definition) is 1. The van der Waals surface area contributed by atoms with Crippen LogP contribution in [0.4, 0.5) is 13.2 Å². The molecule has 102 valence electrons. The average Bonchev–Trinajstić information content (AvgIpc) is 2.24. The van der Waals surface area contributed by atoms with Crippen molar-refractivity contribution in [3.8, 4) is 0 Å². The number of hydrogen-bond acceptors (Lipinski definition) is 2. The van der Waals surface area contributed by atoms with Crippen LogP contribution in [0.25, 0.3) is 0 Å². The normalized spacial score (nSPS) is 14.6. The van der Waals surface area contributed by atoms with Gasteiger partial charge in [0.1, 0.15) is 0 Å². The summed E-state index contributed by atoms with van der Waals surface area (Å²) in [7, 11) is 0. The maximum atomic E-state index is 12.8. The summed E-state index contributed by atoms with van der Waals surface area (Å²) >= 11 is 0. The lowest BCUT2D eigenvalue weighted by atomic mass is 10.0. The first-order valence-electron chi connectivity index (χ1n) is 5.71. The number of halogens is 3. The highest BCUT2D eigenvalue weighted by Gasteiger charge is 2.34. The molecule has 0 aliphatic carbocycles. The van der Waals surface area contributed by atoms with Gasteiger partial charge in [0.15, 0.2) is 0 Å². The summed E-state index contributed by atoms with van der Waals surface area (Å²) in [5.41, 5.74) is 1.73. The average molecular weight is 261 g/mol. The van der Waals surface area contributed by atoms with E-state index < -0.39 is 23.4 Å². The van der Waals surface area contributed by atoms with Crippen LogP contribution < -0.4 is 5.48 Å². The fourth-order valence-electron chi connectivity index (χ4n) is 1.46. The number of benzene rings is 1. The molecule has 0 amide bonds. The van der Waals surface area contributed by atoms with Crippen LogP contribution in [-0.2, 0) is 11.0 Å². The quantitative estimate of drug-likeness (QED) is 0.827. The van der Waals surface area contributed by atoms with Crippen molar-refractivity contribution in [3.63, 3.8) is 0 Å². The van der Waals surface area contributed by atoms with Crippen molar-refractivity contribution >= 4 is 0 Å². The molecule has 1 aromatic rings. The first-order chi connectivity index (χ1) is 8.11. The van der Waals surface area contributed by atoms with Gasteiger partial charge in [0, 0.05) is 0 Å². The molecule has 1 rings (SSSR count). The van der Waals surface area contributed by atoms with Crippen molar-refractivity contribution in [1.29, 1.82) is 0 Å². The molecule has 0 bridgehead atoms. The van der Waals surface area contributed by atoms with Gasteiger partial charge in [-0.2, -0.15) is 18.7 Å². The molecule has 18 heavy (non-hydrogen) atoms. The Morgan fingerprint density at radius 3 is 2.17 bits per heavy atom. The van der Waals surface area contributed by atoms with E-state index in [1.165, 1.54) is 12.1 Å². The Morgan fingerprint density at radius 2 is 1.67 bits per heavy atom. The van der Waals surface area contributed by atoms with Crippen LogP contribution in [0.5, 0.6) is 0 Å². The second-order valence-electron chi connectivity index (χ2n) is 5.14. The molecule has 1 unspecified atom stereocenters. The molecule has 0 radical (unpaired) electrons. The van der Waals surface area contributed by atoms with Crippen molar-refractivity contribution in [2.24, 2.45) is 0 Å². The van der Waals surface area contributed by atoms with Gasteiger partial charge in [0.05, 0.1) is 17.2 Å². The Kier molecular flexibility index (Phi) is 4.40. The van der Waals surface area contributed by atoms with E-state index in [-0.39, 0.29) is 5.56 Å².